The van der Waals surface area contributed by atoms with Gasteiger partial charge in [0.1, 0.15) is 11.6 Å². The van der Waals surface area contributed by atoms with Crippen molar-refractivity contribution < 1.29 is 23.9 Å². The largest absolute Gasteiger partial charge is 0.453 e. The van der Waals surface area contributed by atoms with Crippen LogP contribution in [-0.4, -0.2) is 35.6 Å². The van der Waals surface area contributed by atoms with Crippen LogP contribution in [-0.2, 0) is 19.1 Å². The standard InChI is InChI=1S/C15H25NO5/c1-9(2)12(16-14(19)21-15(3,4)5)13(18)20-11-8-6-7-10(11)17/h9,11-12H,6-8H2,1-5H3,(H,16,19)/t11-,12-/m0/s1. The molecule has 6 heteroatoms. The summed E-state index contributed by atoms with van der Waals surface area (Å²) in [5.41, 5.74) is -0.642. The smallest absolute Gasteiger partial charge is 0.408 e. The van der Waals surface area contributed by atoms with E-state index < -0.39 is 29.8 Å². The van der Waals surface area contributed by atoms with Gasteiger partial charge in [-0.25, -0.2) is 9.59 Å². The monoisotopic (exact) mass is 299 g/mol. The zero-order chi connectivity index (χ0) is 16.2. The molecule has 0 saturated heterocycles. The van der Waals surface area contributed by atoms with E-state index in [0.29, 0.717) is 12.8 Å². The van der Waals surface area contributed by atoms with Gasteiger partial charge in [-0.05, 0) is 39.5 Å². The average Bonchev–Trinajstić information content (AvgIpc) is 2.69. The Labute approximate surface area is 125 Å². The maximum atomic E-state index is 12.1. The molecule has 0 aliphatic heterocycles. The van der Waals surface area contributed by atoms with Crippen molar-refractivity contribution in [2.75, 3.05) is 0 Å². The number of nitrogens with one attached hydrogen (secondary N) is 1. The fourth-order valence-electron chi connectivity index (χ4n) is 2.05. The summed E-state index contributed by atoms with van der Waals surface area (Å²) in [6, 6.07) is -0.826. The molecule has 0 aromatic heterocycles. The van der Waals surface area contributed by atoms with Crippen LogP contribution in [0.3, 0.4) is 0 Å². The highest BCUT2D eigenvalue weighted by Gasteiger charge is 2.33. The number of alkyl carbamates (subject to hydrolysis) is 1. The lowest BCUT2D eigenvalue weighted by Gasteiger charge is -2.25. The molecule has 1 fully saturated rings. The van der Waals surface area contributed by atoms with E-state index in [2.05, 4.69) is 5.32 Å². The van der Waals surface area contributed by atoms with Crippen molar-refractivity contribution in [1.29, 1.82) is 0 Å². The molecule has 0 unspecified atom stereocenters. The van der Waals surface area contributed by atoms with E-state index in [-0.39, 0.29) is 11.7 Å². The minimum atomic E-state index is -0.826. The Hall–Kier alpha value is -1.59. The Morgan fingerprint density at radius 2 is 1.90 bits per heavy atom. The quantitative estimate of drug-likeness (QED) is 0.805. The Bertz CT molecular complexity index is 411. The Morgan fingerprint density at radius 3 is 2.33 bits per heavy atom. The molecule has 0 heterocycles. The van der Waals surface area contributed by atoms with E-state index in [1.165, 1.54) is 0 Å². The first-order valence-corrected chi connectivity index (χ1v) is 7.33. The first-order valence-electron chi connectivity index (χ1n) is 7.33. The number of ether oxygens (including phenoxy) is 2. The molecular weight excluding hydrogens is 274 g/mol. The van der Waals surface area contributed by atoms with Crippen LogP contribution in [0.25, 0.3) is 0 Å². The van der Waals surface area contributed by atoms with Crippen LogP contribution in [0, 0.1) is 5.92 Å². The SMILES string of the molecule is CC(C)[C@H](NC(=O)OC(C)(C)C)C(=O)O[C@H]1CCCC1=O. The molecule has 1 amide bonds. The fraction of sp³-hybridized carbons (Fsp3) is 0.800. The topological polar surface area (TPSA) is 81.7 Å². The zero-order valence-corrected chi connectivity index (χ0v) is 13.4. The summed E-state index contributed by atoms with van der Waals surface area (Å²) in [5, 5.41) is 2.51. The molecule has 21 heavy (non-hydrogen) atoms. The first-order chi connectivity index (χ1) is 9.60. The average molecular weight is 299 g/mol. The summed E-state index contributed by atoms with van der Waals surface area (Å²) in [5.74, 6) is -0.805. The van der Waals surface area contributed by atoms with Gasteiger partial charge in [-0.1, -0.05) is 13.8 Å². The van der Waals surface area contributed by atoms with Crippen LogP contribution in [0.5, 0.6) is 0 Å². The van der Waals surface area contributed by atoms with Crippen LogP contribution in [0.4, 0.5) is 4.79 Å². The summed E-state index contributed by atoms with van der Waals surface area (Å²) >= 11 is 0. The van der Waals surface area contributed by atoms with Crippen molar-refractivity contribution >= 4 is 17.8 Å². The zero-order valence-electron chi connectivity index (χ0n) is 13.4. The van der Waals surface area contributed by atoms with E-state index in [9.17, 15) is 14.4 Å². The van der Waals surface area contributed by atoms with Crippen LogP contribution in [0.15, 0.2) is 0 Å². The maximum Gasteiger partial charge on any atom is 0.408 e. The second-order valence-electron chi connectivity index (χ2n) is 6.65. The molecule has 0 aromatic rings. The van der Waals surface area contributed by atoms with Gasteiger partial charge in [0.15, 0.2) is 11.9 Å². The lowest BCUT2D eigenvalue weighted by Crippen LogP contribution is -2.48. The predicted molar refractivity (Wildman–Crippen MR) is 76.7 cm³/mol. The predicted octanol–water partition coefficient (Wildman–Crippen LogP) is 2.20. The first kappa shape index (κ1) is 17.5. The van der Waals surface area contributed by atoms with Gasteiger partial charge in [-0.3, -0.25) is 4.79 Å². The fourth-order valence-corrected chi connectivity index (χ4v) is 2.05. The summed E-state index contributed by atoms with van der Waals surface area (Å²) in [7, 11) is 0. The summed E-state index contributed by atoms with van der Waals surface area (Å²) in [6.07, 6.45) is 0.406. The van der Waals surface area contributed by atoms with Crippen LogP contribution < -0.4 is 5.32 Å². The number of carbonyl (C=O) groups excluding carboxylic acids is 3. The minimum absolute atomic E-state index is 0.0527. The minimum Gasteiger partial charge on any atom is -0.453 e. The number of Topliss-reactive ketones (excluding diaryl/α,β-unsaturated/α-hetero) is 1. The van der Waals surface area contributed by atoms with Crippen molar-refractivity contribution in [1.82, 2.24) is 5.32 Å². The Balaban J connectivity index is 2.62. The number of carbonyl (C=O) groups is 3. The normalized spacial score (nSPS) is 20.3. The second kappa shape index (κ2) is 6.91. The third kappa shape index (κ3) is 5.73. The number of rotatable bonds is 4. The van der Waals surface area contributed by atoms with Gasteiger partial charge in [0.05, 0.1) is 0 Å². The molecule has 0 spiro atoms. The van der Waals surface area contributed by atoms with E-state index in [4.69, 9.17) is 9.47 Å². The van der Waals surface area contributed by atoms with Crippen molar-refractivity contribution in [2.45, 2.75) is 71.6 Å². The highest BCUT2D eigenvalue weighted by Crippen LogP contribution is 2.19. The lowest BCUT2D eigenvalue weighted by molar-refractivity contribution is -0.156. The molecule has 1 rings (SSSR count). The number of hydrogen-bond donors (Lipinski definition) is 1. The highest BCUT2D eigenvalue weighted by molar-refractivity contribution is 5.89. The molecule has 0 bridgehead atoms. The molecular formula is C15H25NO5. The molecule has 0 aromatic carbocycles. The molecule has 6 nitrogen and oxygen atoms in total. The molecule has 1 aliphatic rings. The van der Waals surface area contributed by atoms with Gasteiger partial charge < -0.3 is 14.8 Å². The molecule has 1 N–H and O–H groups in total. The maximum absolute atomic E-state index is 12.1. The van der Waals surface area contributed by atoms with Crippen LogP contribution in [0.2, 0.25) is 0 Å². The summed E-state index contributed by atoms with van der Waals surface area (Å²) in [6.45, 7) is 8.81. The van der Waals surface area contributed by atoms with Crippen molar-refractivity contribution in [2.24, 2.45) is 5.92 Å². The molecule has 1 aliphatic carbocycles. The van der Waals surface area contributed by atoms with Crippen molar-refractivity contribution in [3.05, 3.63) is 0 Å². The van der Waals surface area contributed by atoms with E-state index in [0.717, 1.165) is 6.42 Å². The van der Waals surface area contributed by atoms with Crippen molar-refractivity contribution in [3.8, 4) is 0 Å². The lowest BCUT2D eigenvalue weighted by atomic mass is 10.0. The van der Waals surface area contributed by atoms with Gasteiger partial charge in [-0.2, -0.15) is 0 Å². The van der Waals surface area contributed by atoms with Gasteiger partial charge in [-0.15, -0.1) is 0 Å². The highest BCUT2D eigenvalue weighted by atomic mass is 16.6. The van der Waals surface area contributed by atoms with E-state index in [1.807, 2.05) is 0 Å². The molecule has 1 saturated carbocycles. The van der Waals surface area contributed by atoms with Gasteiger partial charge in [0.2, 0.25) is 0 Å². The molecule has 0 radical (unpaired) electrons. The van der Waals surface area contributed by atoms with Crippen LogP contribution in [0.1, 0.15) is 53.9 Å². The summed E-state index contributed by atoms with van der Waals surface area (Å²) in [4.78, 5) is 35.4. The summed E-state index contributed by atoms with van der Waals surface area (Å²) < 4.78 is 10.4. The third-order valence-electron chi connectivity index (χ3n) is 3.10. The molecule has 2 atom stereocenters. The molecule has 120 valence electrons. The second-order valence-corrected chi connectivity index (χ2v) is 6.65. The number of amides is 1. The van der Waals surface area contributed by atoms with Gasteiger partial charge in [0, 0.05) is 6.42 Å². The van der Waals surface area contributed by atoms with Crippen molar-refractivity contribution in [3.63, 3.8) is 0 Å². The Morgan fingerprint density at radius 1 is 1.29 bits per heavy atom. The van der Waals surface area contributed by atoms with Crippen LogP contribution >= 0.6 is 0 Å². The van der Waals surface area contributed by atoms with E-state index in [1.54, 1.807) is 34.6 Å². The third-order valence-corrected chi connectivity index (χ3v) is 3.10. The number of hydrogen-bond acceptors (Lipinski definition) is 5. The number of ketones is 1. The van der Waals surface area contributed by atoms with E-state index >= 15 is 0 Å². The van der Waals surface area contributed by atoms with Gasteiger partial charge in [0.25, 0.3) is 0 Å². The van der Waals surface area contributed by atoms with Gasteiger partial charge >= 0.3 is 12.1 Å². The Kier molecular flexibility index (Phi) is 5.75. The number of esters is 1.